The molecule has 0 saturated carbocycles. The zero-order valence-corrected chi connectivity index (χ0v) is 18.6. The molecule has 160 valence electrons. The molecule has 0 N–H and O–H groups in total. The fourth-order valence-electron chi connectivity index (χ4n) is 4.52. The van der Waals surface area contributed by atoms with Gasteiger partial charge < -0.3 is 13.7 Å². The number of aryl methyl sites for hydroxylation is 2. The van der Waals surface area contributed by atoms with Crippen molar-refractivity contribution in [2.75, 3.05) is 25.0 Å². The highest BCUT2D eigenvalue weighted by Crippen LogP contribution is 2.27. The third-order valence-electron chi connectivity index (χ3n) is 6.45. The van der Waals surface area contributed by atoms with E-state index >= 15 is 0 Å². The second-order valence-corrected chi connectivity index (χ2v) is 8.76. The molecule has 0 aliphatic carbocycles. The third-order valence-corrected chi connectivity index (χ3v) is 6.45. The van der Waals surface area contributed by atoms with E-state index in [1.807, 2.05) is 48.8 Å². The van der Waals surface area contributed by atoms with Gasteiger partial charge in [-0.05, 0) is 52.9 Å². The molecule has 0 radical (unpaired) electrons. The Hall–Kier alpha value is -3.19. The number of imidazole rings is 1. The lowest BCUT2D eigenvalue weighted by molar-refractivity contribution is 0.170. The van der Waals surface area contributed by atoms with Gasteiger partial charge in [-0.2, -0.15) is 0 Å². The Balaban J connectivity index is 1.54. The standard InChI is InChI=1S/C24H27N5O2/c1-14-10-29-13-21(26-23(29)17(4)25-14)20-8-18-6-7-19(9-22(18)31-24(20)30)28-11-15(2)27(5)16(3)12-28/h6-10,13,15-16H,11-12H2,1-5H3/t15-,16+. The van der Waals surface area contributed by atoms with Gasteiger partial charge in [0.05, 0.1) is 22.6 Å². The molecule has 0 unspecified atom stereocenters. The molecular formula is C24H27N5O2. The smallest absolute Gasteiger partial charge is 0.345 e. The van der Waals surface area contributed by atoms with Crippen molar-refractivity contribution < 1.29 is 4.42 Å². The molecule has 31 heavy (non-hydrogen) atoms. The largest absolute Gasteiger partial charge is 0.422 e. The zero-order chi connectivity index (χ0) is 21.9. The molecule has 5 rings (SSSR count). The topological polar surface area (TPSA) is 66.9 Å². The monoisotopic (exact) mass is 417 g/mol. The van der Waals surface area contributed by atoms with Crippen molar-refractivity contribution in [3.63, 3.8) is 0 Å². The van der Waals surface area contributed by atoms with Gasteiger partial charge in [0.15, 0.2) is 5.65 Å². The Morgan fingerprint density at radius 2 is 1.77 bits per heavy atom. The number of benzene rings is 1. The predicted octanol–water partition coefficient (Wildman–Crippen LogP) is 3.65. The minimum atomic E-state index is -0.379. The van der Waals surface area contributed by atoms with Gasteiger partial charge in [0, 0.05) is 54.7 Å². The summed E-state index contributed by atoms with van der Waals surface area (Å²) in [5, 5.41) is 0.886. The first kappa shape index (κ1) is 19.8. The summed E-state index contributed by atoms with van der Waals surface area (Å²) in [6.45, 7) is 10.2. The van der Waals surface area contributed by atoms with Crippen LogP contribution in [-0.2, 0) is 0 Å². The van der Waals surface area contributed by atoms with E-state index in [4.69, 9.17) is 4.42 Å². The number of piperazine rings is 1. The van der Waals surface area contributed by atoms with Crippen LogP contribution in [0, 0.1) is 13.8 Å². The molecule has 4 heterocycles. The lowest BCUT2D eigenvalue weighted by Gasteiger charge is -2.43. The maximum atomic E-state index is 12.8. The van der Waals surface area contributed by atoms with Crippen molar-refractivity contribution in [1.82, 2.24) is 19.3 Å². The summed E-state index contributed by atoms with van der Waals surface area (Å²) < 4.78 is 7.66. The highest BCUT2D eigenvalue weighted by Gasteiger charge is 2.27. The van der Waals surface area contributed by atoms with Crippen LogP contribution in [0.15, 0.2) is 45.9 Å². The maximum absolute atomic E-state index is 12.8. The average Bonchev–Trinajstić information content (AvgIpc) is 3.14. The molecule has 7 heteroatoms. The summed E-state index contributed by atoms with van der Waals surface area (Å²) in [5.41, 5.74) is 4.84. The number of anilines is 1. The van der Waals surface area contributed by atoms with Crippen molar-refractivity contribution in [2.24, 2.45) is 0 Å². The molecule has 4 aromatic rings. The Morgan fingerprint density at radius 1 is 1.03 bits per heavy atom. The number of likely N-dealkylation sites (N-methyl/N-ethyl adjacent to an activating group) is 1. The van der Waals surface area contributed by atoms with Crippen LogP contribution in [0.1, 0.15) is 25.2 Å². The summed E-state index contributed by atoms with van der Waals surface area (Å²) in [7, 11) is 2.17. The molecule has 3 aromatic heterocycles. The highest BCUT2D eigenvalue weighted by atomic mass is 16.4. The van der Waals surface area contributed by atoms with E-state index < -0.39 is 0 Å². The van der Waals surface area contributed by atoms with Crippen LogP contribution in [-0.4, -0.2) is 51.5 Å². The summed E-state index contributed by atoms with van der Waals surface area (Å²) >= 11 is 0. The van der Waals surface area contributed by atoms with Gasteiger partial charge in [-0.25, -0.2) is 9.78 Å². The lowest BCUT2D eigenvalue weighted by Crippen LogP contribution is -2.55. The first-order chi connectivity index (χ1) is 14.8. The van der Waals surface area contributed by atoms with Crippen molar-refractivity contribution in [2.45, 2.75) is 39.8 Å². The van der Waals surface area contributed by atoms with E-state index in [1.165, 1.54) is 0 Å². The minimum Gasteiger partial charge on any atom is -0.422 e. The summed E-state index contributed by atoms with van der Waals surface area (Å²) in [4.78, 5) is 26.7. The van der Waals surface area contributed by atoms with Gasteiger partial charge in [0.25, 0.3) is 0 Å². The second kappa shape index (κ2) is 7.20. The van der Waals surface area contributed by atoms with Crippen LogP contribution >= 0.6 is 0 Å². The van der Waals surface area contributed by atoms with E-state index in [-0.39, 0.29) is 5.63 Å². The van der Waals surface area contributed by atoms with Gasteiger partial charge in [-0.15, -0.1) is 0 Å². The van der Waals surface area contributed by atoms with Crippen LogP contribution < -0.4 is 10.5 Å². The van der Waals surface area contributed by atoms with Crippen molar-refractivity contribution in [3.8, 4) is 11.3 Å². The Bertz CT molecular complexity index is 1340. The van der Waals surface area contributed by atoms with Gasteiger partial charge in [-0.1, -0.05) is 0 Å². The van der Waals surface area contributed by atoms with Crippen molar-refractivity contribution in [3.05, 3.63) is 58.5 Å². The third kappa shape index (κ3) is 3.39. The van der Waals surface area contributed by atoms with Crippen LogP contribution in [0.25, 0.3) is 27.9 Å². The maximum Gasteiger partial charge on any atom is 0.345 e. The van der Waals surface area contributed by atoms with Crippen LogP contribution in [0.3, 0.4) is 0 Å². The lowest BCUT2D eigenvalue weighted by atomic mass is 10.1. The zero-order valence-electron chi connectivity index (χ0n) is 18.6. The number of aromatic nitrogens is 3. The van der Waals surface area contributed by atoms with Crippen molar-refractivity contribution in [1.29, 1.82) is 0 Å². The highest BCUT2D eigenvalue weighted by molar-refractivity contribution is 5.84. The quantitative estimate of drug-likeness (QED) is 0.464. The molecule has 1 aliphatic heterocycles. The molecule has 7 nitrogen and oxygen atoms in total. The molecule has 1 saturated heterocycles. The number of nitrogens with zero attached hydrogens (tertiary/aromatic N) is 5. The Kier molecular flexibility index (Phi) is 4.59. The number of rotatable bonds is 2. The van der Waals surface area contributed by atoms with Crippen LogP contribution in [0.5, 0.6) is 0 Å². The summed E-state index contributed by atoms with van der Waals surface area (Å²) in [6.07, 6.45) is 3.77. The van der Waals surface area contributed by atoms with Gasteiger partial charge >= 0.3 is 5.63 Å². The Labute approximate surface area is 180 Å². The van der Waals surface area contributed by atoms with E-state index in [1.54, 1.807) is 0 Å². The first-order valence-electron chi connectivity index (χ1n) is 10.7. The van der Waals surface area contributed by atoms with E-state index in [9.17, 15) is 4.79 Å². The van der Waals surface area contributed by atoms with Gasteiger partial charge in [0.1, 0.15) is 5.58 Å². The number of fused-ring (bicyclic) bond motifs is 2. The first-order valence-corrected chi connectivity index (χ1v) is 10.7. The molecule has 0 bridgehead atoms. The number of hydrogen-bond acceptors (Lipinski definition) is 6. The van der Waals surface area contributed by atoms with E-state index in [0.717, 1.165) is 41.2 Å². The molecule has 1 fully saturated rings. The fourth-order valence-corrected chi connectivity index (χ4v) is 4.52. The van der Waals surface area contributed by atoms with Crippen molar-refractivity contribution >= 4 is 22.3 Å². The van der Waals surface area contributed by atoms with E-state index in [2.05, 4.69) is 46.7 Å². The molecule has 1 aliphatic rings. The summed E-state index contributed by atoms with van der Waals surface area (Å²) in [5.74, 6) is 0. The fraction of sp³-hybridized carbons (Fsp3) is 0.375. The number of hydrogen-bond donors (Lipinski definition) is 0. The molecule has 2 atom stereocenters. The van der Waals surface area contributed by atoms with Crippen LogP contribution in [0.4, 0.5) is 5.69 Å². The van der Waals surface area contributed by atoms with Gasteiger partial charge in [0.2, 0.25) is 0 Å². The molecule has 0 spiro atoms. The molecular weight excluding hydrogens is 390 g/mol. The minimum absolute atomic E-state index is 0.379. The summed E-state index contributed by atoms with van der Waals surface area (Å²) in [6, 6.07) is 8.91. The average molecular weight is 418 g/mol. The second-order valence-electron chi connectivity index (χ2n) is 8.76. The predicted molar refractivity (Wildman–Crippen MR) is 123 cm³/mol. The molecule has 1 aromatic carbocycles. The van der Waals surface area contributed by atoms with E-state index in [0.29, 0.717) is 28.9 Å². The Morgan fingerprint density at radius 3 is 2.52 bits per heavy atom. The van der Waals surface area contributed by atoms with Crippen LogP contribution in [0.2, 0.25) is 0 Å². The van der Waals surface area contributed by atoms with Gasteiger partial charge in [-0.3, -0.25) is 9.88 Å². The SMILES string of the molecule is Cc1cn2cc(-c3cc4ccc(N5C[C@@H](C)N(C)[C@@H](C)C5)cc4oc3=O)nc2c(C)n1. The normalized spacial score (nSPS) is 20.1. The molecule has 0 amide bonds.